The number of fused-ring (bicyclic) bond motifs is 1. The van der Waals surface area contributed by atoms with E-state index in [0.717, 1.165) is 0 Å². The molecule has 0 bridgehead atoms. The molecular weight excluding hydrogens is 426 g/mol. The molecule has 31 heavy (non-hydrogen) atoms. The van der Waals surface area contributed by atoms with Crippen molar-refractivity contribution < 1.29 is 23.1 Å². The Morgan fingerprint density at radius 3 is 2.55 bits per heavy atom. The third kappa shape index (κ3) is 3.31. The van der Waals surface area contributed by atoms with E-state index in [-0.39, 0.29) is 47.7 Å². The van der Waals surface area contributed by atoms with Crippen LogP contribution in [0.1, 0.15) is 47.6 Å². The zero-order valence-electron chi connectivity index (χ0n) is 16.7. The average Bonchev–Trinajstić information content (AvgIpc) is 3.28. The van der Waals surface area contributed by atoms with Crippen LogP contribution in [0.5, 0.6) is 0 Å². The maximum atomic E-state index is 14.4. The Balaban J connectivity index is 1.32. The van der Waals surface area contributed by atoms with Crippen LogP contribution in [0.4, 0.5) is 8.78 Å². The number of carbonyl (C=O) groups is 2. The molecule has 0 radical (unpaired) electrons. The van der Waals surface area contributed by atoms with E-state index in [2.05, 4.69) is 0 Å². The monoisotopic (exact) mass is 446 g/mol. The number of amides is 2. The molecule has 162 valence electrons. The lowest BCUT2D eigenvalue weighted by Crippen LogP contribution is -2.51. The molecule has 3 saturated heterocycles. The Labute approximate surface area is 183 Å². The second kappa shape index (κ2) is 7.57. The van der Waals surface area contributed by atoms with Crippen molar-refractivity contribution in [2.24, 2.45) is 0 Å². The van der Waals surface area contributed by atoms with Crippen LogP contribution in [0.25, 0.3) is 0 Å². The van der Waals surface area contributed by atoms with Crippen molar-refractivity contribution in [3.8, 4) is 0 Å². The second-order valence-electron chi connectivity index (χ2n) is 8.31. The van der Waals surface area contributed by atoms with E-state index in [1.54, 1.807) is 23.1 Å². The Bertz CT molecular complexity index is 1050. The van der Waals surface area contributed by atoms with Crippen LogP contribution < -0.4 is 0 Å². The molecule has 1 spiro atoms. The van der Waals surface area contributed by atoms with Crippen LogP contribution in [0, 0.1) is 11.6 Å². The molecule has 3 aliphatic rings. The van der Waals surface area contributed by atoms with Gasteiger partial charge in [0.05, 0.1) is 11.6 Å². The van der Waals surface area contributed by atoms with Gasteiger partial charge < -0.3 is 14.5 Å². The number of benzene rings is 2. The molecule has 2 atom stereocenters. The summed E-state index contributed by atoms with van der Waals surface area (Å²) < 4.78 is 34.7. The van der Waals surface area contributed by atoms with E-state index in [0.29, 0.717) is 31.2 Å². The number of likely N-dealkylation sites (tertiary alicyclic amines) is 1. The van der Waals surface area contributed by atoms with E-state index in [9.17, 15) is 18.4 Å². The summed E-state index contributed by atoms with van der Waals surface area (Å²) in [6.07, 6.45) is 1.53. The maximum Gasteiger partial charge on any atom is 0.257 e. The summed E-state index contributed by atoms with van der Waals surface area (Å²) in [5.74, 6) is -1.56. The lowest BCUT2D eigenvalue weighted by atomic mass is 9.89. The van der Waals surface area contributed by atoms with Crippen molar-refractivity contribution in [1.82, 2.24) is 9.80 Å². The zero-order valence-corrected chi connectivity index (χ0v) is 17.4. The summed E-state index contributed by atoms with van der Waals surface area (Å²) in [5.41, 5.74) is -0.594. The SMILES string of the molecule is O=C(c1cc(Cl)ccc1F)N1CCC2(CC1)OC1CCC(c3ccccc3F)N1C2=O. The third-order valence-corrected chi connectivity index (χ3v) is 6.84. The fourth-order valence-corrected chi connectivity index (χ4v) is 5.17. The lowest BCUT2D eigenvalue weighted by Gasteiger charge is -2.37. The van der Waals surface area contributed by atoms with Crippen LogP contribution in [0.15, 0.2) is 42.5 Å². The van der Waals surface area contributed by atoms with Gasteiger partial charge in [-0.1, -0.05) is 29.8 Å². The van der Waals surface area contributed by atoms with Crippen molar-refractivity contribution in [2.75, 3.05) is 13.1 Å². The van der Waals surface area contributed by atoms with E-state index < -0.39 is 17.3 Å². The first-order chi connectivity index (χ1) is 14.9. The Morgan fingerprint density at radius 2 is 1.81 bits per heavy atom. The van der Waals surface area contributed by atoms with Gasteiger partial charge in [-0.3, -0.25) is 9.59 Å². The molecule has 2 aromatic carbocycles. The van der Waals surface area contributed by atoms with Gasteiger partial charge in [0.15, 0.2) is 5.60 Å². The van der Waals surface area contributed by atoms with Crippen molar-refractivity contribution in [3.05, 3.63) is 70.2 Å². The molecule has 5 rings (SSSR count). The first kappa shape index (κ1) is 20.4. The first-order valence-electron chi connectivity index (χ1n) is 10.4. The van der Waals surface area contributed by atoms with Crippen LogP contribution >= 0.6 is 11.6 Å². The molecule has 3 fully saturated rings. The van der Waals surface area contributed by atoms with Crippen LogP contribution in [-0.2, 0) is 9.53 Å². The largest absolute Gasteiger partial charge is 0.342 e. The highest BCUT2D eigenvalue weighted by Crippen LogP contribution is 2.48. The summed E-state index contributed by atoms with van der Waals surface area (Å²) in [4.78, 5) is 29.4. The molecule has 8 heteroatoms. The normalized spacial score (nSPS) is 24.7. The Morgan fingerprint density at radius 1 is 1.06 bits per heavy atom. The van der Waals surface area contributed by atoms with Crippen molar-refractivity contribution in [1.29, 1.82) is 0 Å². The number of nitrogens with zero attached hydrogens (tertiary/aromatic N) is 2. The molecule has 0 saturated carbocycles. The van der Waals surface area contributed by atoms with Crippen LogP contribution in [0.2, 0.25) is 5.02 Å². The number of ether oxygens (including phenoxy) is 1. The maximum absolute atomic E-state index is 14.4. The molecule has 5 nitrogen and oxygen atoms in total. The number of rotatable bonds is 2. The van der Waals surface area contributed by atoms with Gasteiger partial charge in [-0.05, 0) is 37.1 Å². The lowest BCUT2D eigenvalue weighted by molar-refractivity contribution is -0.142. The first-order valence-corrected chi connectivity index (χ1v) is 10.8. The number of halogens is 3. The Kier molecular flexibility index (Phi) is 4.98. The van der Waals surface area contributed by atoms with Gasteiger partial charge in [-0.15, -0.1) is 0 Å². The summed E-state index contributed by atoms with van der Waals surface area (Å²) in [7, 11) is 0. The summed E-state index contributed by atoms with van der Waals surface area (Å²) in [5, 5.41) is 0.285. The Hall–Kier alpha value is -2.51. The summed E-state index contributed by atoms with van der Waals surface area (Å²) >= 11 is 5.91. The molecular formula is C23H21ClF2N2O3. The van der Waals surface area contributed by atoms with Gasteiger partial charge in [-0.25, -0.2) is 8.78 Å². The quantitative estimate of drug-likeness (QED) is 0.690. The average molecular weight is 447 g/mol. The van der Waals surface area contributed by atoms with Crippen LogP contribution in [-0.4, -0.2) is 46.5 Å². The smallest absolute Gasteiger partial charge is 0.257 e. The van der Waals surface area contributed by atoms with Crippen LogP contribution in [0.3, 0.4) is 0 Å². The number of hydrogen-bond donors (Lipinski definition) is 0. The molecule has 2 unspecified atom stereocenters. The van der Waals surface area contributed by atoms with Gasteiger partial charge in [0.1, 0.15) is 17.9 Å². The molecule has 3 aliphatic heterocycles. The highest BCUT2D eigenvalue weighted by atomic mass is 35.5. The van der Waals surface area contributed by atoms with E-state index in [1.807, 2.05) is 0 Å². The minimum atomic E-state index is -1.02. The predicted octanol–water partition coefficient (Wildman–Crippen LogP) is 4.31. The van der Waals surface area contributed by atoms with E-state index in [1.165, 1.54) is 29.2 Å². The molecule has 0 aliphatic carbocycles. The van der Waals surface area contributed by atoms with E-state index >= 15 is 0 Å². The summed E-state index contributed by atoms with van der Waals surface area (Å²) in [6.45, 7) is 0.531. The standard InChI is InChI=1S/C23H21ClF2N2O3/c24-14-5-6-18(26)16(13-14)21(29)27-11-9-23(10-12-27)22(30)28-19(7-8-20(28)31-23)15-3-1-2-4-17(15)25/h1-6,13,19-20H,7-12H2. The molecule has 0 N–H and O–H groups in total. The van der Waals surface area contributed by atoms with Crippen molar-refractivity contribution >= 4 is 23.4 Å². The minimum Gasteiger partial charge on any atom is -0.342 e. The predicted molar refractivity (Wildman–Crippen MR) is 109 cm³/mol. The fraction of sp³-hybridized carbons (Fsp3) is 0.391. The number of piperidine rings is 1. The molecule has 0 aromatic heterocycles. The van der Waals surface area contributed by atoms with Gasteiger partial charge in [0.2, 0.25) is 0 Å². The minimum absolute atomic E-state index is 0.0812. The third-order valence-electron chi connectivity index (χ3n) is 6.60. The van der Waals surface area contributed by atoms with Gasteiger partial charge in [0.25, 0.3) is 11.8 Å². The second-order valence-corrected chi connectivity index (χ2v) is 8.75. The van der Waals surface area contributed by atoms with E-state index in [4.69, 9.17) is 16.3 Å². The molecule has 2 amide bonds. The molecule has 2 aromatic rings. The van der Waals surface area contributed by atoms with Gasteiger partial charge >= 0.3 is 0 Å². The number of carbonyl (C=O) groups excluding carboxylic acids is 2. The van der Waals surface area contributed by atoms with Gasteiger partial charge in [0, 0.05) is 36.5 Å². The highest BCUT2D eigenvalue weighted by molar-refractivity contribution is 6.31. The number of hydrogen-bond acceptors (Lipinski definition) is 3. The molecule has 3 heterocycles. The highest BCUT2D eigenvalue weighted by Gasteiger charge is 2.58. The van der Waals surface area contributed by atoms with Crippen molar-refractivity contribution in [3.63, 3.8) is 0 Å². The fourth-order valence-electron chi connectivity index (χ4n) is 5.00. The topological polar surface area (TPSA) is 49.9 Å². The summed E-state index contributed by atoms with van der Waals surface area (Å²) in [6, 6.07) is 10.0. The zero-order chi connectivity index (χ0) is 21.8. The van der Waals surface area contributed by atoms with Crippen molar-refractivity contribution in [2.45, 2.75) is 43.6 Å². The van der Waals surface area contributed by atoms with Gasteiger partial charge in [-0.2, -0.15) is 0 Å².